The van der Waals surface area contributed by atoms with Crippen molar-refractivity contribution in [3.63, 3.8) is 0 Å². The van der Waals surface area contributed by atoms with Crippen LogP contribution in [0.25, 0.3) is 0 Å². The number of sulfonamides is 1. The lowest BCUT2D eigenvalue weighted by Crippen LogP contribution is -2.36. The van der Waals surface area contributed by atoms with Gasteiger partial charge in [0.1, 0.15) is 4.90 Å². The van der Waals surface area contributed by atoms with E-state index in [0.717, 1.165) is 38.2 Å². The average molecular weight is 652 g/mol. The summed E-state index contributed by atoms with van der Waals surface area (Å²) in [4.78, 5) is 20.6. The largest absolute Gasteiger partial charge is 0.383 e. The number of amides is 1. The van der Waals surface area contributed by atoms with Gasteiger partial charge in [0, 0.05) is 51.6 Å². The van der Waals surface area contributed by atoms with Crippen LogP contribution in [0.1, 0.15) is 47.5 Å². The maximum absolute atomic E-state index is 14.5. The first-order chi connectivity index (χ1) is 22.8. The number of likely N-dealkylation sites (tertiary alicyclic amines) is 1. The van der Waals surface area contributed by atoms with Crippen molar-refractivity contribution < 1.29 is 13.2 Å². The summed E-state index contributed by atoms with van der Waals surface area (Å²) in [5.41, 5.74) is 4.22. The molecule has 2 aliphatic heterocycles. The Balaban J connectivity index is 1.41. The summed E-state index contributed by atoms with van der Waals surface area (Å²) in [7, 11) is -0.736. The second-order valence-corrected chi connectivity index (χ2v) is 14.5. The highest BCUT2D eigenvalue weighted by Gasteiger charge is 2.32. The van der Waals surface area contributed by atoms with E-state index < -0.39 is 10.0 Å². The number of para-hydroxylation sites is 2. The van der Waals surface area contributed by atoms with Crippen LogP contribution >= 0.6 is 0 Å². The molecule has 6 rings (SSSR count). The first-order valence-corrected chi connectivity index (χ1v) is 18.1. The minimum absolute atomic E-state index is 0.136. The molecule has 8 nitrogen and oxygen atoms in total. The lowest BCUT2D eigenvalue weighted by atomic mass is 9.89. The summed E-state index contributed by atoms with van der Waals surface area (Å²) in [5, 5.41) is 3.56. The fourth-order valence-electron chi connectivity index (χ4n) is 6.75. The SMILES string of the molecule is CN(C(=O)c1cc(S(=O)(=O)N(C)c2ccccc2)c(N2CCC(c3ccccc3)CC2)cc1NCCN1CCCC1)c1ccccc1. The van der Waals surface area contributed by atoms with Gasteiger partial charge in [-0.25, -0.2) is 8.42 Å². The lowest BCUT2D eigenvalue weighted by molar-refractivity contribution is 0.0993. The molecule has 0 saturated carbocycles. The van der Waals surface area contributed by atoms with Crippen LogP contribution in [0, 0.1) is 0 Å². The summed E-state index contributed by atoms with van der Waals surface area (Å²) in [5.74, 6) is 0.144. The Morgan fingerprint density at radius 2 is 1.36 bits per heavy atom. The molecule has 0 radical (unpaired) electrons. The quantitative estimate of drug-likeness (QED) is 0.195. The van der Waals surface area contributed by atoms with Crippen LogP contribution in [-0.2, 0) is 10.0 Å². The minimum atomic E-state index is -4.05. The van der Waals surface area contributed by atoms with Gasteiger partial charge in [0.05, 0.1) is 16.9 Å². The molecule has 2 heterocycles. The third-order valence-electron chi connectivity index (χ3n) is 9.58. The van der Waals surface area contributed by atoms with Crippen molar-refractivity contribution in [1.82, 2.24) is 4.90 Å². The van der Waals surface area contributed by atoms with Gasteiger partial charge >= 0.3 is 0 Å². The minimum Gasteiger partial charge on any atom is -0.383 e. The Kier molecular flexibility index (Phi) is 10.1. The van der Waals surface area contributed by atoms with Crippen LogP contribution in [0.2, 0.25) is 0 Å². The maximum Gasteiger partial charge on any atom is 0.266 e. The Bertz CT molecular complexity index is 1740. The average Bonchev–Trinajstić information content (AvgIpc) is 3.65. The highest BCUT2D eigenvalue weighted by molar-refractivity contribution is 7.93. The van der Waals surface area contributed by atoms with E-state index in [9.17, 15) is 13.2 Å². The first-order valence-electron chi connectivity index (χ1n) is 16.6. The molecule has 4 aromatic rings. The topological polar surface area (TPSA) is 76.2 Å². The number of carbonyl (C=O) groups is 1. The summed E-state index contributed by atoms with van der Waals surface area (Å²) >= 11 is 0. The molecule has 0 spiro atoms. The van der Waals surface area contributed by atoms with Crippen molar-refractivity contribution in [3.8, 4) is 0 Å². The highest BCUT2D eigenvalue weighted by Crippen LogP contribution is 2.39. The maximum atomic E-state index is 14.5. The van der Waals surface area contributed by atoms with Crippen LogP contribution < -0.4 is 19.4 Å². The smallest absolute Gasteiger partial charge is 0.266 e. The monoisotopic (exact) mass is 651 g/mol. The Hall–Kier alpha value is -4.34. The molecule has 0 aliphatic carbocycles. The van der Waals surface area contributed by atoms with Crippen molar-refractivity contribution in [2.24, 2.45) is 0 Å². The molecule has 47 heavy (non-hydrogen) atoms. The van der Waals surface area contributed by atoms with E-state index in [4.69, 9.17) is 0 Å². The van der Waals surface area contributed by atoms with Gasteiger partial charge in [-0.15, -0.1) is 0 Å². The highest BCUT2D eigenvalue weighted by atomic mass is 32.2. The fraction of sp³-hybridized carbons (Fsp3) is 0.342. The number of nitrogens with zero attached hydrogens (tertiary/aromatic N) is 4. The predicted octanol–water partition coefficient (Wildman–Crippen LogP) is 6.68. The lowest BCUT2D eigenvalue weighted by Gasteiger charge is -2.36. The van der Waals surface area contributed by atoms with Crippen molar-refractivity contribution in [3.05, 3.63) is 114 Å². The zero-order chi connectivity index (χ0) is 32.8. The number of nitrogens with one attached hydrogen (secondary N) is 1. The Labute approximate surface area is 279 Å². The van der Waals surface area contributed by atoms with Crippen LogP contribution in [0.4, 0.5) is 22.7 Å². The summed E-state index contributed by atoms with van der Waals surface area (Å²) in [6, 6.07) is 32.6. The zero-order valence-corrected chi connectivity index (χ0v) is 28.2. The van der Waals surface area contributed by atoms with Crippen LogP contribution in [-0.4, -0.2) is 72.6 Å². The van der Waals surface area contributed by atoms with Gasteiger partial charge in [0.15, 0.2) is 0 Å². The number of piperidine rings is 1. The second kappa shape index (κ2) is 14.6. The van der Waals surface area contributed by atoms with Crippen molar-refractivity contribution >= 4 is 38.7 Å². The Morgan fingerprint density at radius 3 is 1.98 bits per heavy atom. The van der Waals surface area contributed by atoms with Gasteiger partial charge in [0.25, 0.3) is 15.9 Å². The zero-order valence-electron chi connectivity index (χ0n) is 27.4. The van der Waals surface area contributed by atoms with Gasteiger partial charge in [-0.2, -0.15) is 0 Å². The van der Waals surface area contributed by atoms with Crippen molar-refractivity contribution in [2.45, 2.75) is 36.5 Å². The molecule has 2 saturated heterocycles. The van der Waals surface area contributed by atoms with E-state index in [2.05, 4.69) is 39.4 Å². The number of hydrogen-bond donors (Lipinski definition) is 1. The third-order valence-corrected chi connectivity index (χ3v) is 11.4. The first kappa shape index (κ1) is 32.6. The molecule has 2 aliphatic rings. The molecule has 4 aromatic carbocycles. The molecular weight excluding hydrogens is 607 g/mol. The van der Waals surface area contributed by atoms with E-state index in [-0.39, 0.29) is 10.8 Å². The van der Waals surface area contributed by atoms with Gasteiger partial charge in [-0.1, -0.05) is 66.7 Å². The summed E-state index contributed by atoms with van der Waals surface area (Å²) in [6.45, 7) is 5.09. The molecule has 9 heteroatoms. The molecular formula is C38H45N5O3S. The normalized spacial score (nSPS) is 15.8. The van der Waals surface area contributed by atoms with Crippen molar-refractivity contribution in [2.75, 3.05) is 72.8 Å². The number of carbonyl (C=O) groups excluding carboxylic acids is 1. The molecule has 246 valence electrons. The van der Waals surface area contributed by atoms with Crippen LogP contribution in [0.15, 0.2) is 108 Å². The summed E-state index contributed by atoms with van der Waals surface area (Å²) < 4.78 is 30.4. The standard InChI is InChI=1S/C38H45N5O3S/c1-40(32-16-8-4-9-17-32)38(44)34-28-37(47(45,46)41(2)33-18-10-5-11-19-33)36(29-35(34)39-22-27-42-23-12-13-24-42)43-25-20-31(21-26-43)30-14-6-3-7-15-30/h3-11,14-19,28-29,31,39H,12-13,20-27H2,1-2H3. The van der Waals surface area contributed by atoms with Crippen LogP contribution in [0.5, 0.6) is 0 Å². The van der Waals surface area contributed by atoms with E-state index in [1.54, 1.807) is 37.2 Å². The third kappa shape index (κ3) is 7.31. The molecule has 0 aromatic heterocycles. The van der Waals surface area contributed by atoms with Crippen molar-refractivity contribution in [1.29, 1.82) is 0 Å². The summed E-state index contributed by atoms with van der Waals surface area (Å²) in [6.07, 6.45) is 4.23. The molecule has 0 atom stereocenters. The number of rotatable bonds is 11. The molecule has 0 unspecified atom stereocenters. The van der Waals surface area contributed by atoms with Gasteiger partial charge < -0.3 is 20.0 Å². The van der Waals surface area contributed by atoms with Gasteiger partial charge in [-0.05, 0) is 86.7 Å². The van der Waals surface area contributed by atoms with E-state index >= 15 is 0 Å². The number of hydrogen-bond acceptors (Lipinski definition) is 6. The Morgan fingerprint density at radius 1 is 0.787 bits per heavy atom. The number of benzene rings is 4. The number of anilines is 4. The van der Waals surface area contributed by atoms with Gasteiger partial charge in [-0.3, -0.25) is 9.10 Å². The van der Waals surface area contributed by atoms with E-state index in [0.29, 0.717) is 48.2 Å². The molecule has 1 N–H and O–H groups in total. The molecule has 1 amide bonds. The molecule has 0 bridgehead atoms. The van der Waals surface area contributed by atoms with Gasteiger partial charge in [0.2, 0.25) is 0 Å². The fourth-order valence-corrected chi connectivity index (χ4v) is 8.17. The van der Waals surface area contributed by atoms with E-state index in [1.807, 2.05) is 60.7 Å². The van der Waals surface area contributed by atoms with E-state index in [1.165, 1.54) is 22.7 Å². The van der Waals surface area contributed by atoms with Crippen LogP contribution in [0.3, 0.4) is 0 Å². The molecule has 2 fully saturated rings. The predicted molar refractivity (Wildman–Crippen MR) is 192 cm³/mol. The second-order valence-electron chi connectivity index (χ2n) is 12.5.